The molecule has 0 unspecified atom stereocenters. The van der Waals surface area contributed by atoms with Gasteiger partial charge in [0, 0.05) is 38.3 Å². The second-order valence-electron chi connectivity index (χ2n) is 4.26. The molecule has 0 bridgehead atoms. The molecule has 1 aromatic heterocycles. The van der Waals surface area contributed by atoms with E-state index >= 15 is 0 Å². The van der Waals surface area contributed by atoms with Gasteiger partial charge in [0.2, 0.25) is 5.95 Å². The summed E-state index contributed by atoms with van der Waals surface area (Å²) in [5, 5.41) is 14.0. The summed E-state index contributed by atoms with van der Waals surface area (Å²) < 4.78 is 0. The molecule has 1 fully saturated rings. The summed E-state index contributed by atoms with van der Waals surface area (Å²) in [6.07, 6.45) is 0. The minimum absolute atomic E-state index is 0. The summed E-state index contributed by atoms with van der Waals surface area (Å²) in [7, 11) is 0. The second-order valence-corrected chi connectivity index (χ2v) is 4.26. The monoisotopic (exact) mass is 283 g/mol. The molecule has 2 aromatic rings. The minimum atomic E-state index is -0.398. The van der Waals surface area contributed by atoms with Gasteiger partial charge in [-0.25, -0.2) is 4.98 Å². The van der Waals surface area contributed by atoms with Crippen LogP contribution in [0.15, 0.2) is 18.2 Å². The van der Waals surface area contributed by atoms with Gasteiger partial charge in [-0.2, -0.15) is 0 Å². The van der Waals surface area contributed by atoms with E-state index in [4.69, 9.17) is 0 Å². The number of fused-ring (bicyclic) bond motifs is 1. The number of nitro groups is 1. The molecule has 0 amide bonds. The highest BCUT2D eigenvalue weighted by molar-refractivity contribution is 5.85. The van der Waals surface area contributed by atoms with Crippen molar-refractivity contribution in [3.8, 4) is 0 Å². The number of halogens is 1. The average molecular weight is 284 g/mol. The highest BCUT2D eigenvalue weighted by atomic mass is 35.5. The number of imidazole rings is 1. The van der Waals surface area contributed by atoms with E-state index in [1.165, 1.54) is 12.1 Å². The number of nitrogens with zero attached hydrogens (tertiary/aromatic N) is 3. The Morgan fingerprint density at radius 1 is 1.32 bits per heavy atom. The first-order valence-electron chi connectivity index (χ1n) is 5.84. The summed E-state index contributed by atoms with van der Waals surface area (Å²) in [5.74, 6) is 0.784. The number of nitrogens with one attached hydrogen (secondary N) is 2. The van der Waals surface area contributed by atoms with Crippen LogP contribution in [-0.4, -0.2) is 41.1 Å². The van der Waals surface area contributed by atoms with Gasteiger partial charge < -0.3 is 15.2 Å². The molecule has 0 spiro atoms. The maximum Gasteiger partial charge on any atom is 0.271 e. The minimum Gasteiger partial charge on any atom is -0.340 e. The lowest BCUT2D eigenvalue weighted by Crippen LogP contribution is -2.44. The Morgan fingerprint density at radius 2 is 2.05 bits per heavy atom. The Balaban J connectivity index is 0.00000133. The lowest BCUT2D eigenvalue weighted by molar-refractivity contribution is -0.384. The fraction of sp³-hybridized carbons (Fsp3) is 0.364. The van der Waals surface area contributed by atoms with Crippen molar-refractivity contribution >= 4 is 35.1 Å². The fourth-order valence-electron chi connectivity index (χ4n) is 2.12. The maximum absolute atomic E-state index is 10.7. The van der Waals surface area contributed by atoms with Gasteiger partial charge in [0.25, 0.3) is 5.69 Å². The highest BCUT2D eigenvalue weighted by Crippen LogP contribution is 2.22. The topological polar surface area (TPSA) is 87.1 Å². The molecule has 19 heavy (non-hydrogen) atoms. The van der Waals surface area contributed by atoms with Gasteiger partial charge in [0.05, 0.1) is 16.0 Å². The van der Waals surface area contributed by atoms with Crippen molar-refractivity contribution in [2.75, 3.05) is 31.1 Å². The van der Waals surface area contributed by atoms with Crippen molar-refractivity contribution < 1.29 is 4.92 Å². The van der Waals surface area contributed by atoms with Crippen molar-refractivity contribution in [3.63, 3.8) is 0 Å². The van der Waals surface area contributed by atoms with E-state index < -0.39 is 4.92 Å². The van der Waals surface area contributed by atoms with Crippen molar-refractivity contribution in [2.24, 2.45) is 0 Å². The molecule has 3 rings (SSSR count). The van der Waals surface area contributed by atoms with Crippen LogP contribution in [0.4, 0.5) is 11.6 Å². The summed E-state index contributed by atoms with van der Waals surface area (Å²) in [4.78, 5) is 20.0. The van der Waals surface area contributed by atoms with Crippen molar-refractivity contribution in [1.29, 1.82) is 0 Å². The van der Waals surface area contributed by atoms with Gasteiger partial charge in [-0.3, -0.25) is 10.1 Å². The Hall–Kier alpha value is -1.86. The summed E-state index contributed by atoms with van der Waals surface area (Å²) in [5.41, 5.74) is 1.55. The normalized spacial score (nSPS) is 15.3. The van der Waals surface area contributed by atoms with E-state index in [2.05, 4.69) is 20.2 Å². The lowest BCUT2D eigenvalue weighted by atomic mass is 10.3. The van der Waals surface area contributed by atoms with Gasteiger partial charge in [-0.05, 0) is 6.07 Å². The highest BCUT2D eigenvalue weighted by Gasteiger charge is 2.15. The molecular formula is C11H14ClN5O2. The molecule has 7 nitrogen and oxygen atoms in total. The Labute approximate surface area is 115 Å². The number of hydrogen-bond donors (Lipinski definition) is 2. The average Bonchev–Trinajstić information content (AvgIpc) is 2.82. The predicted molar refractivity (Wildman–Crippen MR) is 75.1 cm³/mol. The molecule has 0 atom stereocenters. The lowest BCUT2D eigenvalue weighted by Gasteiger charge is -2.26. The second kappa shape index (κ2) is 5.41. The molecule has 102 valence electrons. The molecule has 2 heterocycles. The van der Waals surface area contributed by atoms with Crippen molar-refractivity contribution in [3.05, 3.63) is 28.3 Å². The summed E-state index contributed by atoms with van der Waals surface area (Å²) in [6.45, 7) is 3.64. The van der Waals surface area contributed by atoms with Crippen LogP contribution in [-0.2, 0) is 0 Å². The Morgan fingerprint density at radius 3 is 2.74 bits per heavy atom. The largest absolute Gasteiger partial charge is 0.340 e. The van der Waals surface area contributed by atoms with Gasteiger partial charge in [0.15, 0.2) is 0 Å². The standard InChI is InChI=1S/C11H13N5O2.ClH/c17-16(18)8-1-2-9-10(7-8)14-11(13-9)15-5-3-12-4-6-15;/h1-2,7,12H,3-6H2,(H,13,14);1H. The zero-order chi connectivity index (χ0) is 12.5. The van der Waals surface area contributed by atoms with Gasteiger partial charge in [-0.1, -0.05) is 0 Å². The first-order valence-corrected chi connectivity index (χ1v) is 5.84. The quantitative estimate of drug-likeness (QED) is 0.641. The van der Waals surface area contributed by atoms with Crippen LogP contribution in [0.25, 0.3) is 11.0 Å². The third-order valence-corrected chi connectivity index (χ3v) is 3.08. The number of aromatic nitrogens is 2. The number of H-pyrrole nitrogens is 1. The molecule has 1 aromatic carbocycles. The summed E-state index contributed by atoms with van der Waals surface area (Å²) in [6, 6.07) is 4.68. The van der Waals surface area contributed by atoms with Crippen LogP contribution >= 0.6 is 12.4 Å². The molecule has 1 aliphatic rings. The van der Waals surface area contributed by atoms with E-state index in [1.54, 1.807) is 6.07 Å². The number of non-ortho nitro benzene ring substituents is 1. The molecule has 0 aliphatic carbocycles. The van der Waals surface area contributed by atoms with Gasteiger partial charge >= 0.3 is 0 Å². The maximum atomic E-state index is 10.7. The third-order valence-electron chi connectivity index (χ3n) is 3.08. The number of anilines is 1. The van der Waals surface area contributed by atoms with Crippen LogP contribution in [0.2, 0.25) is 0 Å². The molecule has 1 aliphatic heterocycles. The van der Waals surface area contributed by atoms with Crippen LogP contribution in [0.3, 0.4) is 0 Å². The van der Waals surface area contributed by atoms with E-state index in [9.17, 15) is 10.1 Å². The molecule has 8 heteroatoms. The SMILES string of the molecule is Cl.O=[N+]([O-])c1ccc2nc(N3CCNCC3)[nH]c2c1. The van der Waals surface area contributed by atoms with Crippen LogP contribution in [0.5, 0.6) is 0 Å². The predicted octanol–water partition coefficient (Wildman–Crippen LogP) is 1.30. The molecule has 2 N–H and O–H groups in total. The molecular weight excluding hydrogens is 270 g/mol. The smallest absolute Gasteiger partial charge is 0.271 e. The van der Waals surface area contributed by atoms with Crippen LogP contribution < -0.4 is 10.2 Å². The fourth-order valence-corrected chi connectivity index (χ4v) is 2.12. The number of hydrogen-bond acceptors (Lipinski definition) is 5. The van der Waals surface area contributed by atoms with Crippen molar-refractivity contribution in [2.45, 2.75) is 0 Å². The first-order chi connectivity index (χ1) is 8.74. The van der Waals surface area contributed by atoms with E-state index in [-0.39, 0.29) is 18.1 Å². The summed E-state index contributed by atoms with van der Waals surface area (Å²) >= 11 is 0. The first kappa shape index (κ1) is 13.6. The molecule has 0 saturated carbocycles. The van der Waals surface area contributed by atoms with Crippen molar-refractivity contribution in [1.82, 2.24) is 15.3 Å². The number of nitro benzene ring substituents is 1. The van der Waals surface area contributed by atoms with Crippen LogP contribution in [0.1, 0.15) is 0 Å². The number of piperazine rings is 1. The zero-order valence-electron chi connectivity index (χ0n) is 10.1. The Kier molecular flexibility index (Phi) is 3.87. The Bertz CT molecular complexity index is 594. The van der Waals surface area contributed by atoms with E-state index in [0.29, 0.717) is 5.52 Å². The van der Waals surface area contributed by atoms with E-state index in [0.717, 1.165) is 37.6 Å². The molecule has 0 radical (unpaired) electrons. The number of aromatic amines is 1. The van der Waals surface area contributed by atoms with Gasteiger partial charge in [-0.15, -0.1) is 12.4 Å². The van der Waals surface area contributed by atoms with Crippen LogP contribution in [0, 0.1) is 10.1 Å². The third kappa shape index (κ3) is 2.61. The van der Waals surface area contributed by atoms with Gasteiger partial charge in [0.1, 0.15) is 0 Å². The zero-order valence-corrected chi connectivity index (χ0v) is 10.9. The number of rotatable bonds is 2. The molecule has 1 saturated heterocycles. The number of benzene rings is 1. The van der Waals surface area contributed by atoms with E-state index in [1.807, 2.05) is 0 Å².